The first-order valence-corrected chi connectivity index (χ1v) is 12.5. The van der Waals surface area contributed by atoms with Gasteiger partial charge in [-0.25, -0.2) is 9.78 Å². The van der Waals surface area contributed by atoms with Crippen LogP contribution in [0.2, 0.25) is 0 Å². The molecule has 2 fully saturated rings. The van der Waals surface area contributed by atoms with Gasteiger partial charge in [-0.05, 0) is 44.2 Å². The van der Waals surface area contributed by atoms with E-state index in [9.17, 15) is 10.1 Å². The van der Waals surface area contributed by atoms with E-state index >= 15 is 0 Å². The highest BCUT2D eigenvalue weighted by Crippen LogP contribution is 2.40. The summed E-state index contributed by atoms with van der Waals surface area (Å²) in [6.45, 7) is 10.1. The molecule has 3 aromatic heterocycles. The first-order chi connectivity index (χ1) is 16.8. The summed E-state index contributed by atoms with van der Waals surface area (Å²) >= 11 is 0. The molecule has 3 aromatic rings. The van der Waals surface area contributed by atoms with Crippen LogP contribution in [0.25, 0.3) is 11.0 Å². The Morgan fingerprint density at radius 1 is 1.20 bits per heavy atom. The minimum atomic E-state index is -0.333. The standard InChI is InChI=1S/C25H32N8O2/c1-6-18-13-32(23-20-19(31(5)25(34)29-23)10-9-17(11-26)27-20)15(4)12-33(18)21(14(2)3)24-28-22(30-35-24)16-7-8-16/h9-10,14-16,18,21H,6-8,12-13H2,1-5H3/t15-,18+,21?/m0/s1. The lowest BCUT2D eigenvalue weighted by molar-refractivity contribution is 0.0518. The van der Waals surface area contributed by atoms with Gasteiger partial charge in [-0.15, -0.1) is 0 Å². The van der Waals surface area contributed by atoms with E-state index in [1.165, 1.54) is 4.57 Å². The van der Waals surface area contributed by atoms with Crippen LogP contribution in [0.5, 0.6) is 0 Å². The van der Waals surface area contributed by atoms with E-state index in [0.717, 1.165) is 31.6 Å². The summed E-state index contributed by atoms with van der Waals surface area (Å²) in [4.78, 5) is 31.1. The highest BCUT2D eigenvalue weighted by molar-refractivity contribution is 5.86. The topological polar surface area (TPSA) is 117 Å². The number of aryl methyl sites for hydroxylation is 1. The maximum atomic E-state index is 12.7. The van der Waals surface area contributed by atoms with Crippen LogP contribution in [0.15, 0.2) is 21.5 Å². The molecule has 10 heteroatoms. The molecule has 0 bridgehead atoms. The molecule has 1 aliphatic carbocycles. The highest BCUT2D eigenvalue weighted by Gasteiger charge is 2.41. The predicted octanol–water partition coefficient (Wildman–Crippen LogP) is 3.15. The summed E-state index contributed by atoms with van der Waals surface area (Å²) in [6, 6.07) is 5.77. The lowest BCUT2D eigenvalue weighted by Gasteiger charge is -2.48. The zero-order chi connectivity index (χ0) is 24.9. The third kappa shape index (κ3) is 4.18. The van der Waals surface area contributed by atoms with E-state index < -0.39 is 0 Å². The molecule has 1 unspecified atom stereocenters. The molecule has 0 aromatic carbocycles. The Labute approximate surface area is 204 Å². The van der Waals surface area contributed by atoms with E-state index in [0.29, 0.717) is 40.9 Å². The molecule has 1 saturated heterocycles. The van der Waals surface area contributed by atoms with E-state index in [1.54, 1.807) is 19.2 Å². The number of piperazine rings is 1. The molecule has 0 radical (unpaired) electrons. The summed E-state index contributed by atoms with van der Waals surface area (Å²) in [5, 5.41) is 13.7. The Balaban J connectivity index is 1.51. The average Bonchev–Trinajstić information content (AvgIpc) is 3.59. The molecule has 10 nitrogen and oxygen atoms in total. The van der Waals surface area contributed by atoms with Gasteiger partial charge in [0, 0.05) is 38.1 Å². The lowest BCUT2D eigenvalue weighted by Crippen LogP contribution is -2.59. The Morgan fingerprint density at radius 2 is 1.97 bits per heavy atom. The Bertz CT molecular complexity index is 1340. The minimum Gasteiger partial charge on any atom is -0.349 e. The third-order valence-corrected chi connectivity index (χ3v) is 7.32. The second-order valence-electron chi connectivity index (χ2n) is 10.2. The van der Waals surface area contributed by atoms with Gasteiger partial charge in [0.1, 0.15) is 17.3 Å². The fraction of sp³-hybridized carbons (Fsp3) is 0.600. The fourth-order valence-electron chi connectivity index (χ4n) is 5.22. The van der Waals surface area contributed by atoms with E-state index in [4.69, 9.17) is 9.51 Å². The zero-order valence-electron chi connectivity index (χ0n) is 21.0. The molecule has 35 heavy (non-hydrogen) atoms. The number of hydrogen-bond acceptors (Lipinski definition) is 9. The highest BCUT2D eigenvalue weighted by atomic mass is 16.5. The van der Waals surface area contributed by atoms with Gasteiger partial charge >= 0.3 is 5.69 Å². The molecule has 1 aliphatic heterocycles. The van der Waals surface area contributed by atoms with Crippen molar-refractivity contribution in [2.45, 2.75) is 71.0 Å². The lowest BCUT2D eigenvalue weighted by atomic mass is 9.95. The molecule has 2 aliphatic rings. The predicted molar refractivity (Wildman–Crippen MR) is 131 cm³/mol. The Hall–Kier alpha value is -3.32. The van der Waals surface area contributed by atoms with Gasteiger partial charge in [0.2, 0.25) is 5.89 Å². The maximum Gasteiger partial charge on any atom is 0.349 e. The smallest absolute Gasteiger partial charge is 0.349 e. The molecule has 0 amide bonds. The second-order valence-corrected chi connectivity index (χ2v) is 10.2. The normalized spacial score (nSPS) is 22.0. The third-order valence-electron chi connectivity index (χ3n) is 7.32. The molecule has 4 heterocycles. The summed E-state index contributed by atoms with van der Waals surface area (Å²) in [6.07, 6.45) is 3.19. The van der Waals surface area contributed by atoms with Crippen molar-refractivity contribution in [2.75, 3.05) is 18.0 Å². The molecule has 0 N–H and O–H groups in total. The number of nitrogens with zero attached hydrogens (tertiary/aromatic N) is 8. The van der Waals surface area contributed by atoms with E-state index in [-0.39, 0.29) is 29.7 Å². The van der Waals surface area contributed by atoms with Gasteiger partial charge in [0.15, 0.2) is 11.6 Å². The van der Waals surface area contributed by atoms with Crippen LogP contribution in [0.3, 0.4) is 0 Å². The molecule has 5 rings (SSSR count). The largest absolute Gasteiger partial charge is 0.349 e. The number of fused-ring (bicyclic) bond motifs is 1. The number of aromatic nitrogens is 5. The molecule has 3 atom stereocenters. The van der Waals surface area contributed by atoms with Crippen LogP contribution in [0, 0.1) is 17.2 Å². The minimum absolute atomic E-state index is 0.0150. The summed E-state index contributed by atoms with van der Waals surface area (Å²) < 4.78 is 7.26. The van der Waals surface area contributed by atoms with Crippen LogP contribution >= 0.6 is 0 Å². The summed E-state index contributed by atoms with van der Waals surface area (Å²) in [5.74, 6) is 2.81. The molecule has 184 valence electrons. The van der Waals surface area contributed by atoms with Crippen LogP contribution in [0.4, 0.5) is 5.82 Å². The average molecular weight is 477 g/mol. The summed E-state index contributed by atoms with van der Waals surface area (Å²) in [7, 11) is 1.68. The van der Waals surface area contributed by atoms with Crippen molar-refractivity contribution < 1.29 is 4.52 Å². The zero-order valence-corrected chi connectivity index (χ0v) is 21.0. The molecular weight excluding hydrogens is 444 g/mol. The van der Waals surface area contributed by atoms with Gasteiger partial charge in [0.25, 0.3) is 0 Å². The van der Waals surface area contributed by atoms with Crippen LogP contribution in [-0.4, -0.2) is 54.7 Å². The van der Waals surface area contributed by atoms with Crippen LogP contribution < -0.4 is 10.6 Å². The van der Waals surface area contributed by atoms with Crippen LogP contribution in [0.1, 0.15) is 76.3 Å². The number of anilines is 1. The van der Waals surface area contributed by atoms with Crippen molar-refractivity contribution in [1.82, 2.24) is 29.6 Å². The van der Waals surface area contributed by atoms with E-state index in [2.05, 4.69) is 58.7 Å². The van der Waals surface area contributed by atoms with Crippen molar-refractivity contribution in [3.63, 3.8) is 0 Å². The monoisotopic (exact) mass is 476 g/mol. The number of pyridine rings is 1. The van der Waals surface area contributed by atoms with Crippen molar-refractivity contribution in [3.8, 4) is 6.07 Å². The van der Waals surface area contributed by atoms with Gasteiger partial charge < -0.3 is 9.42 Å². The van der Waals surface area contributed by atoms with Gasteiger partial charge in [-0.1, -0.05) is 25.9 Å². The van der Waals surface area contributed by atoms with Gasteiger partial charge in [0.05, 0.1) is 11.6 Å². The number of nitriles is 1. The van der Waals surface area contributed by atoms with Gasteiger partial charge in [-0.3, -0.25) is 9.47 Å². The van der Waals surface area contributed by atoms with E-state index in [1.807, 2.05) is 0 Å². The van der Waals surface area contributed by atoms with Crippen molar-refractivity contribution in [2.24, 2.45) is 13.0 Å². The SMILES string of the molecule is CC[C@@H]1CN(c2nc(=O)n(C)c3ccc(C#N)nc23)[C@@H](C)CN1C(c1nc(C2CC2)no1)C(C)C. The first-order valence-electron chi connectivity index (χ1n) is 12.5. The number of hydrogen-bond donors (Lipinski definition) is 0. The van der Waals surface area contributed by atoms with Crippen molar-refractivity contribution in [3.05, 3.63) is 40.0 Å². The first kappa shape index (κ1) is 23.4. The summed E-state index contributed by atoms with van der Waals surface area (Å²) in [5.41, 5.74) is 1.22. The molecule has 1 saturated carbocycles. The molecule has 0 spiro atoms. The van der Waals surface area contributed by atoms with Crippen molar-refractivity contribution >= 4 is 16.9 Å². The fourth-order valence-corrected chi connectivity index (χ4v) is 5.22. The van der Waals surface area contributed by atoms with Crippen LogP contribution in [-0.2, 0) is 7.05 Å². The quantitative estimate of drug-likeness (QED) is 0.529. The second kappa shape index (κ2) is 9.04. The van der Waals surface area contributed by atoms with Gasteiger partial charge in [-0.2, -0.15) is 15.2 Å². The van der Waals surface area contributed by atoms with Crippen molar-refractivity contribution in [1.29, 1.82) is 5.26 Å². The molecular formula is C25H32N8O2. The maximum absolute atomic E-state index is 12.7. The Kier molecular flexibility index (Phi) is 6.05. The Morgan fingerprint density at radius 3 is 2.63 bits per heavy atom. The number of rotatable bonds is 6.